The quantitative estimate of drug-likeness (QED) is 0.260. The Bertz CT molecular complexity index is 1470. The Morgan fingerprint density at radius 3 is 2.57 bits per heavy atom. The predicted octanol–water partition coefficient (Wildman–Crippen LogP) is 2.34. The van der Waals surface area contributed by atoms with E-state index in [1.54, 1.807) is 18.2 Å². The van der Waals surface area contributed by atoms with Crippen molar-refractivity contribution in [1.29, 1.82) is 0 Å². The van der Waals surface area contributed by atoms with E-state index in [9.17, 15) is 19.7 Å². The Hall–Kier alpha value is -4.47. The number of fused-ring (bicyclic) bond motifs is 4. The zero-order chi connectivity index (χ0) is 21.0. The number of aromatic amines is 2. The predicted molar refractivity (Wildman–Crippen MR) is 111 cm³/mol. The minimum absolute atomic E-state index is 0.0818. The van der Waals surface area contributed by atoms with E-state index in [2.05, 4.69) is 20.3 Å². The SMILES string of the molecule is Nc1nc2c(c(=O)[nH]1)C(c1cccc([N+](=O)[O-])c1)c1c(c3ccccc3[nH]c1=O)N2. The van der Waals surface area contributed by atoms with Crippen molar-refractivity contribution < 1.29 is 4.92 Å². The second-order valence-electron chi connectivity index (χ2n) is 6.91. The number of nitrogen functional groups attached to an aromatic ring is 1. The van der Waals surface area contributed by atoms with Gasteiger partial charge in [-0.2, -0.15) is 4.98 Å². The molecular formula is C20H14N6O4. The average Bonchev–Trinajstić information content (AvgIpc) is 2.72. The third kappa shape index (κ3) is 2.54. The van der Waals surface area contributed by atoms with Gasteiger partial charge in [-0.15, -0.1) is 0 Å². The average molecular weight is 402 g/mol. The molecule has 0 radical (unpaired) electrons. The second kappa shape index (κ2) is 6.27. The fourth-order valence-corrected chi connectivity index (χ4v) is 3.95. The molecule has 10 heteroatoms. The van der Waals surface area contributed by atoms with Crippen LogP contribution < -0.4 is 22.2 Å². The van der Waals surface area contributed by atoms with Crippen LogP contribution in [0.2, 0.25) is 0 Å². The lowest BCUT2D eigenvalue weighted by Gasteiger charge is -2.28. The molecule has 5 rings (SSSR count). The molecule has 0 saturated heterocycles. The molecule has 4 aromatic rings. The minimum atomic E-state index is -0.874. The van der Waals surface area contributed by atoms with Crippen LogP contribution in [0, 0.1) is 10.1 Å². The molecule has 30 heavy (non-hydrogen) atoms. The van der Waals surface area contributed by atoms with Crippen LogP contribution in [0.5, 0.6) is 0 Å². The monoisotopic (exact) mass is 402 g/mol. The molecular weight excluding hydrogens is 388 g/mol. The summed E-state index contributed by atoms with van der Waals surface area (Å²) in [6.45, 7) is 0. The van der Waals surface area contributed by atoms with Crippen molar-refractivity contribution in [3.05, 3.63) is 96.0 Å². The maximum Gasteiger partial charge on any atom is 0.269 e. The normalized spacial score (nSPS) is 14.6. The number of nitrogens with zero attached hydrogens (tertiary/aromatic N) is 2. The highest BCUT2D eigenvalue weighted by Crippen LogP contribution is 2.43. The van der Waals surface area contributed by atoms with Gasteiger partial charge in [-0.25, -0.2) is 0 Å². The Kier molecular flexibility index (Phi) is 3.68. The molecule has 148 valence electrons. The number of nitro benzene ring substituents is 1. The van der Waals surface area contributed by atoms with E-state index in [0.717, 1.165) is 0 Å². The van der Waals surface area contributed by atoms with Crippen LogP contribution in [0.3, 0.4) is 0 Å². The summed E-state index contributed by atoms with van der Waals surface area (Å²) >= 11 is 0. The number of nitrogens with one attached hydrogen (secondary N) is 3. The molecule has 10 nitrogen and oxygen atoms in total. The number of nitrogens with two attached hydrogens (primary N) is 1. The number of anilines is 3. The molecule has 0 amide bonds. The molecule has 1 atom stereocenters. The number of rotatable bonds is 2. The van der Waals surface area contributed by atoms with Gasteiger partial charge in [0.2, 0.25) is 5.95 Å². The highest BCUT2D eigenvalue weighted by Gasteiger charge is 2.35. The number of hydrogen-bond donors (Lipinski definition) is 4. The van der Waals surface area contributed by atoms with Crippen LogP contribution in [-0.4, -0.2) is 19.9 Å². The fraction of sp³-hybridized carbons (Fsp3) is 0.0500. The summed E-state index contributed by atoms with van der Waals surface area (Å²) < 4.78 is 0. The number of hydrogen-bond acceptors (Lipinski definition) is 7. The first-order valence-electron chi connectivity index (χ1n) is 9.00. The van der Waals surface area contributed by atoms with Crippen LogP contribution in [0.15, 0.2) is 58.1 Å². The molecule has 2 aromatic heterocycles. The van der Waals surface area contributed by atoms with Gasteiger partial charge in [0.25, 0.3) is 16.8 Å². The van der Waals surface area contributed by atoms with E-state index in [0.29, 0.717) is 22.2 Å². The van der Waals surface area contributed by atoms with Crippen LogP contribution in [0.4, 0.5) is 23.1 Å². The van der Waals surface area contributed by atoms with Gasteiger partial charge in [-0.3, -0.25) is 24.7 Å². The highest BCUT2D eigenvalue weighted by atomic mass is 16.6. The smallest absolute Gasteiger partial charge is 0.269 e. The van der Waals surface area contributed by atoms with Gasteiger partial charge < -0.3 is 16.0 Å². The number of pyridine rings is 1. The van der Waals surface area contributed by atoms with Gasteiger partial charge in [-0.05, 0) is 11.6 Å². The summed E-state index contributed by atoms with van der Waals surface area (Å²) in [5, 5.41) is 15.1. The molecule has 0 saturated carbocycles. The Morgan fingerprint density at radius 1 is 1.00 bits per heavy atom. The molecule has 5 N–H and O–H groups in total. The largest absolute Gasteiger partial charge is 0.369 e. The second-order valence-corrected chi connectivity index (χ2v) is 6.91. The molecule has 1 aliphatic heterocycles. The van der Waals surface area contributed by atoms with Crippen LogP contribution >= 0.6 is 0 Å². The molecule has 1 aliphatic rings. The van der Waals surface area contributed by atoms with Crippen molar-refractivity contribution in [1.82, 2.24) is 15.0 Å². The van der Waals surface area contributed by atoms with Gasteiger partial charge in [0.1, 0.15) is 5.82 Å². The van der Waals surface area contributed by atoms with Gasteiger partial charge >= 0.3 is 0 Å². The molecule has 0 aliphatic carbocycles. The molecule has 0 spiro atoms. The van der Waals surface area contributed by atoms with E-state index in [4.69, 9.17) is 5.73 Å². The fourth-order valence-electron chi connectivity index (χ4n) is 3.95. The number of benzene rings is 2. The molecule has 1 unspecified atom stereocenters. The van der Waals surface area contributed by atoms with Crippen LogP contribution in [-0.2, 0) is 0 Å². The maximum absolute atomic E-state index is 13.1. The van der Waals surface area contributed by atoms with Crippen molar-refractivity contribution >= 4 is 34.0 Å². The van der Waals surface area contributed by atoms with E-state index in [1.807, 2.05) is 12.1 Å². The van der Waals surface area contributed by atoms with E-state index in [1.165, 1.54) is 18.2 Å². The topological polar surface area (TPSA) is 160 Å². The minimum Gasteiger partial charge on any atom is -0.369 e. The first kappa shape index (κ1) is 17.6. The van der Waals surface area contributed by atoms with E-state index in [-0.39, 0.29) is 28.6 Å². The van der Waals surface area contributed by atoms with Crippen molar-refractivity contribution in [2.75, 3.05) is 11.1 Å². The van der Waals surface area contributed by atoms with Crippen molar-refractivity contribution in [3.63, 3.8) is 0 Å². The first-order chi connectivity index (χ1) is 14.4. The van der Waals surface area contributed by atoms with Gasteiger partial charge in [-0.1, -0.05) is 30.3 Å². The third-order valence-corrected chi connectivity index (χ3v) is 5.17. The molecule has 0 bridgehead atoms. The van der Waals surface area contributed by atoms with Crippen molar-refractivity contribution in [3.8, 4) is 0 Å². The Morgan fingerprint density at radius 2 is 1.77 bits per heavy atom. The standard InChI is InChI=1S/C20H14N6O4/c21-20-24-17-15(19(28)25-20)13(9-4-3-5-10(8-9)26(29)30)14-16(23-17)11-6-1-2-7-12(11)22-18(14)27/h1-8,13H,(H,22,27)(H4,21,23,24,25,28). The maximum atomic E-state index is 13.1. The summed E-state index contributed by atoms with van der Waals surface area (Å²) in [5.41, 5.74) is 6.60. The summed E-state index contributed by atoms with van der Waals surface area (Å²) in [6.07, 6.45) is 0. The lowest BCUT2D eigenvalue weighted by atomic mass is 9.82. The number of non-ortho nitro benzene ring substituents is 1. The third-order valence-electron chi connectivity index (χ3n) is 5.17. The summed E-state index contributed by atoms with van der Waals surface area (Å²) in [4.78, 5) is 46.2. The lowest BCUT2D eigenvalue weighted by molar-refractivity contribution is -0.384. The molecule has 3 heterocycles. The summed E-state index contributed by atoms with van der Waals surface area (Å²) in [6, 6.07) is 13.1. The van der Waals surface area contributed by atoms with Crippen LogP contribution in [0.1, 0.15) is 22.6 Å². The van der Waals surface area contributed by atoms with Gasteiger partial charge in [0.05, 0.1) is 33.2 Å². The van der Waals surface area contributed by atoms with Crippen molar-refractivity contribution in [2.45, 2.75) is 5.92 Å². The molecule has 2 aromatic carbocycles. The van der Waals surface area contributed by atoms with Gasteiger partial charge in [0.15, 0.2) is 0 Å². The zero-order valence-electron chi connectivity index (χ0n) is 15.3. The Balaban J connectivity index is 1.90. The van der Waals surface area contributed by atoms with Gasteiger partial charge in [0, 0.05) is 17.5 Å². The van der Waals surface area contributed by atoms with Crippen molar-refractivity contribution in [2.24, 2.45) is 0 Å². The van der Waals surface area contributed by atoms with E-state index < -0.39 is 22.0 Å². The first-order valence-corrected chi connectivity index (χ1v) is 9.00. The van der Waals surface area contributed by atoms with Crippen LogP contribution in [0.25, 0.3) is 10.9 Å². The van der Waals surface area contributed by atoms with E-state index >= 15 is 0 Å². The Labute approximate surface area is 167 Å². The highest BCUT2D eigenvalue weighted by molar-refractivity contribution is 5.96. The zero-order valence-corrected chi connectivity index (χ0v) is 15.3. The number of para-hydroxylation sites is 1. The molecule has 0 fully saturated rings. The number of aromatic nitrogens is 3. The summed E-state index contributed by atoms with van der Waals surface area (Å²) in [7, 11) is 0. The number of H-pyrrole nitrogens is 2. The number of nitro groups is 1. The lowest BCUT2D eigenvalue weighted by Crippen LogP contribution is -2.31. The summed E-state index contributed by atoms with van der Waals surface area (Å²) in [5.74, 6) is -0.751.